The number of ether oxygens (including phenoxy) is 2. The zero-order chi connectivity index (χ0) is 17.7. The van der Waals surface area contributed by atoms with E-state index in [-0.39, 0.29) is 5.41 Å². The molecule has 1 aliphatic carbocycles. The van der Waals surface area contributed by atoms with Gasteiger partial charge in [0.25, 0.3) is 0 Å². The highest BCUT2D eigenvalue weighted by atomic mass is 16.5. The minimum Gasteiger partial charge on any atom is -0.497 e. The quantitative estimate of drug-likeness (QED) is 0.826. The second-order valence-electron chi connectivity index (χ2n) is 7.95. The van der Waals surface area contributed by atoms with Crippen molar-refractivity contribution in [2.24, 2.45) is 0 Å². The molecule has 1 saturated carbocycles. The van der Waals surface area contributed by atoms with Gasteiger partial charge in [-0.15, -0.1) is 0 Å². The van der Waals surface area contributed by atoms with Crippen LogP contribution in [-0.2, 0) is 5.41 Å². The van der Waals surface area contributed by atoms with Crippen LogP contribution in [0.4, 0.5) is 0 Å². The maximum Gasteiger partial charge on any atom is 0.123 e. The number of benzene rings is 1. The van der Waals surface area contributed by atoms with Gasteiger partial charge >= 0.3 is 0 Å². The van der Waals surface area contributed by atoms with E-state index in [1.807, 2.05) is 18.2 Å². The average Bonchev–Trinajstić information content (AvgIpc) is 3.06. The van der Waals surface area contributed by atoms with Crippen molar-refractivity contribution < 1.29 is 14.6 Å². The molecule has 0 radical (unpaired) electrons. The summed E-state index contributed by atoms with van der Waals surface area (Å²) in [7, 11) is 3.78. The molecule has 136 valence electrons. The van der Waals surface area contributed by atoms with Crippen LogP contribution in [-0.4, -0.2) is 49.5 Å². The van der Waals surface area contributed by atoms with E-state index in [1.165, 1.54) is 25.7 Å². The van der Waals surface area contributed by atoms with Gasteiger partial charge in [-0.25, -0.2) is 0 Å². The van der Waals surface area contributed by atoms with Crippen LogP contribution in [0.5, 0.6) is 11.5 Å². The van der Waals surface area contributed by atoms with E-state index in [0.29, 0.717) is 19.2 Å². The highest BCUT2D eigenvalue weighted by Crippen LogP contribution is 2.34. The molecule has 24 heavy (non-hydrogen) atoms. The Kier molecular flexibility index (Phi) is 6.53. The molecule has 0 spiro atoms. The van der Waals surface area contributed by atoms with Gasteiger partial charge in [0.1, 0.15) is 24.2 Å². The zero-order valence-corrected chi connectivity index (χ0v) is 15.8. The van der Waals surface area contributed by atoms with E-state index < -0.39 is 6.10 Å². The largest absolute Gasteiger partial charge is 0.497 e. The molecule has 0 heterocycles. The average molecular weight is 335 g/mol. The predicted molar refractivity (Wildman–Crippen MR) is 98.1 cm³/mol. The van der Waals surface area contributed by atoms with E-state index in [2.05, 4.69) is 32.7 Å². The SMILES string of the molecule is COc1ccc(OCC(O)CN(C)C2CCCC2)c(C(C)(C)C)c1. The van der Waals surface area contributed by atoms with E-state index in [0.717, 1.165) is 17.1 Å². The van der Waals surface area contributed by atoms with Crippen molar-refractivity contribution in [3.63, 3.8) is 0 Å². The second kappa shape index (κ2) is 8.21. The Balaban J connectivity index is 1.95. The number of aliphatic hydroxyl groups excluding tert-OH is 1. The van der Waals surface area contributed by atoms with Crippen molar-refractivity contribution >= 4 is 0 Å². The summed E-state index contributed by atoms with van der Waals surface area (Å²) in [4.78, 5) is 2.28. The number of methoxy groups -OCH3 is 1. The Bertz CT molecular complexity index is 518. The molecule has 2 rings (SSSR count). The predicted octanol–water partition coefficient (Wildman–Crippen LogP) is 3.61. The first-order valence-electron chi connectivity index (χ1n) is 9.01. The lowest BCUT2D eigenvalue weighted by molar-refractivity contribution is 0.0632. The van der Waals surface area contributed by atoms with E-state index in [4.69, 9.17) is 9.47 Å². The lowest BCUT2D eigenvalue weighted by atomic mass is 9.86. The third kappa shape index (κ3) is 5.12. The molecule has 4 heteroatoms. The molecule has 1 aliphatic rings. The fourth-order valence-corrected chi connectivity index (χ4v) is 3.41. The first kappa shape index (κ1) is 19.1. The summed E-state index contributed by atoms with van der Waals surface area (Å²) < 4.78 is 11.3. The van der Waals surface area contributed by atoms with E-state index in [9.17, 15) is 5.11 Å². The van der Waals surface area contributed by atoms with Gasteiger partial charge in [-0.2, -0.15) is 0 Å². The molecule has 0 bridgehead atoms. The summed E-state index contributed by atoms with van der Waals surface area (Å²) in [5, 5.41) is 10.3. The fourth-order valence-electron chi connectivity index (χ4n) is 3.41. The second-order valence-corrected chi connectivity index (χ2v) is 7.95. The molecule has 1 aromatic rings. The number of likely N-dealkylation sites (N-methyl/N-ethyl adjacent to an activating group) is 1. The Hall–Kier alpha value is -1.26. The lowest BCUT2D eigenvalue weighted by Crippen LogP contribution is -2.38. The molecule has 1 fully saturated rings. The summed E-state index contributed by atoms with van der Waals surface area (Å²) in [5.74, 6) is 1.65. The van der Waals surface area contributed by atoms with Crippen molar-refractivity contribution in [3.05, 3.63) is 23.8 Å². The lowest BCUT2D eigenvalue weighted by Gasteiger charge is -2.27. The van der Waals surface area contributed by atoms with Crippen molar-refractivity contribution in [2.75, 3.05) is 27.3 Å². The van der Waals surface area contributed by atoms with Crippen LogP contribution in [0.25, 0.3) is 0 Å². The van der Waals surface area contributed by atoms with Crippen molar-refractivity contribution in [2.45, 2.75) is 64.0 Å². The summed E-state index contributed by atoms with van der Waals surface area (Å²) in [6, 6.07) is 6.48. The van der Waals surface area contributed by atoms with Crippen LogP contribution in [0, 0.1) is 0 Å². The number of hydrogen-bond donors (Lipinski definition) is 1. The number of aliphatic hydroxyl groups is 1. The van der Waals surface area contributed by atoms with Crippen LogP contribution < -0.4 is 9.47 Å². The van der Waals surface area contributed by atoms with Gasteiger partial charge in [-0.1, -0.05) is 33.6 Å². The summed E-state index contributed by atoms with van der Waals surface area (Å²) in [6.07, 6.45) is 4.63. The molecule has 0 saturated heterocycles. The van der Waals surface area contributed by atoms with Crippen LogP contribution in [0.1, 0.15) is 52.0 Å². The Morgan fingerprint density at radius 2 is 1.92 bits per heavy atom. The number of hydrogen-bond acceptors (Lipinski definition) is 4. The summed E-state index contributed by atoms with van der Waals surface area (Å²) in [5.41, 5.74) is 1.05. The minimum atomic E-state index is -0.481. The fraction of sp³-hybridized carbons (Fsp3) is 0.700. The molecular formula is C20H33NO3. The topological polar surface area (TPSA) is 41.9 Å². The maximum atomic E-state index is 10.3. The van der Waals surface area contributed by atoms with E-state index >= 15 is 0 Å². The molecule has 0 aliphatic heterocycles. The minimum absolute atomic E-state index is 0.0462. The van der Waals surface area contributed by atoms with Gasteiger partial charge in [0.15, 0.2) is 0 Å². The highest BCUT2D eigenvalue weighted by Gasteiger charge is 2.23. The molecule has 1 unspecified atom stereocenters. The van der Waals surface area contributed by atoms with Gasteiger partial charge in [0.2, 0.25) is 0 Å². The first-order chi connectivity index (χ1) is 11.3. The standard InChI is InChI=1S/C20H33NO3/c1-20(2,3)18-12-17(23-5)10-11-19(18)24-14-16(22)13-21(4)15-8-6-7-9-15/h10-12,15-16,22H,6-9,13-14H2,1-5H3. The Labute approximate surface area is 146 Å². The van der Waals surface area contributed by atoms with Gasteiger partial charge in [0.05, 0.1) is 7.11 Å². The van der Waals surface area contributed by atoms with Crippen LogP contribution in [0.3, 0.4) is 0 Å². The van der Waals surface area contributed by atoms with Gasteiger partial charge < -0.3 is 19.5 Å². The van der Waals surface area contributed by atoms with Crippen LogP contribution in [0.15, 0.2) is 18.2 Å². The van der Waals surface area contributed by atoms with Crippen molar-refractivity contribution in [1.82, 2.24) is 4.90 Å². The third-order valence-electron chi connectivity index (χ3n) is 4.87. The van der Waals surface area contributed by atoms with Crippen LogP contribution >= 0.6 is 0 Å². The van der Waals surface area contributed by atoms with Crippen LogP contribution in [0.2, 0.25) is 0 Å². The Morgan fingerprint density at radius 1 is 1.25 bits per heavy atom. The van der Waals surface area contributed by atoms with Gasteiger partial charge in [0, 0.05) is 18.2 Å². The molecule has 0 amide bonds. The molecular weight excluding hydrogens is 302 g/mol. The maximum absolute atomic E-state index is 10.3. The number of nitrogens with zero attached hydrogens (tertiary/aromatic N) is 1. The molecule has 1 N–H and O–H groups in total. The van der Waals surface area contributed by atoms with E-state index in [1.54, 1.807) is 7.11 Å². The molecule has 1 aromatic carbocycles. The first-order valence-corrected chi connectivity index (χ1v) is 9.01. The molecule has 4 nitrogen and oxygen atoms in total. The number of rotatable bonds is 7. The normalized spacial score (nSPS) is 17.3. The molecule has 0 aromatic heterocycles. The van der Waals surface area contributed by atoms with Crippen molar-refractivity contribution in [3.8, 4) is 11.5 Å². The summed E-state index contributed by atoms with van der Waals surface area (Å²) >= 11 is 0. The summed E-state index contributed by atoms with van der Waals surface area (Å²) in [6.45, 7) is 7.43. The van der Waals surface area contributed by atoms with Crippen molar-refractivity contribution in [1.29, 1.82) is 0 Å². The monoisotopic (exact) mass is 335 g/mol. The van der Waals surface area contributed by atoms with Gasteiger partial charge in [-0.3, -0.25) is 0 Å². The highest BCUT2D eigenvalue weighted by molar-refractivity contribution is 5.44. The van der Waals surface area contributed by atoms with Gasteiger partial charge in [-0.05, 0) is 43.5 Å². The Morgan fingerprint density at radius 3 is 2.50 bits per heavy atom. The molecule has 1 atom stereocenters. The third-order valence-corrected chi connectivity index (χ3v) is 4.87. The smallest absolute Gasteiger partial charge is 0.123 e. The zero-order valence-electron chi connectivity index (χ0n) is 15.8.